The van der Waals surface area contributed by atoms with E-state index in [0.717, 1.165) is 19.4 Å². The van der Waals surface area contributed by atoms with Crippen molar-refractivity contribution in [3.05, 3.63) is 0 Å². The molecule has 0 amide bonds. The van der Waals surface area contributed by atoms with Crippen molar-refractivity contribution < 1.29 is 17.9 Å². The Morgan fingerprint density at radius 1 is 1.05 bits per heavy atom. The molecule has 122 valence electrons. The number of hydrogen-bond donors (Lipinski definition) is 1. The molecule has 0 aromatic carbocycles. The fourth-order valence-electron chi connectivity index (χ4n) is 1.94. The minimum absolute atomic E-state index is 0.0434. The van der Waals surface area contributed by atoms with E-state index in [0.29, 0.717) is 19.6 Å². The number of hydrogen-bond acceptors (Lipinski definition) is 5. The molecular weight excluding hydrogens is 278 g/mol. The molecule has 0 aliphatic heterocycles. The second-order valence-corrected chi connectivity index (χ2v) is 7.19. The Morgan fingerprint density at radius 2 is 1.65 bits per heavy atom. The topological polar surface area (TPSA) is 64.6 Å². The lowest BCUT2D eigenvalue weighted by atomic mass is 10.1. The summed E-state index contributed by atoms with van der Waals surface area (Å²) in [6.07, 6.45) is 2.09. The quantitative estimate of drug-likeness (QED) is 0.527. The first kappa shape index (κ1) is 19.8. The zero-order valence-corrected chi connectivity index (χ0v) is 14.2. The molecule has 1 atom stereocenters. The zero-order chi connectivity index (χ0) is 15.4. The monoisotopic (exact) mass is 309 g/mol. The van der Waals surface area contributed by atoms with Crippen molar-refractivity contribution in [1.82, 2.24) is 5.32 Å². The van der Waals surface area contributed by atoms with Gasteiger partial charge in [0.15, 0.2) is 6.29 Å². The highest BCUT2D eigenvalue weighted by Crippen LogP contribution is 2.10. The summed E-state index contributed by atoms with van der Waals surface area (Å²) >= 11 is 0. The first-order valence-electron chi connectivity index (χ1n) is 7.67. The Balaban J connectivity index is 4.44. The first-order chi connectivity index (χ1) is 9.50. The molecule has 1 N–H and O–H groups in total. The van der Waals surface area contributed by atoms with Crippen LogP contribution in [0.2, 0.25) is 0 Å². The average Bonchev–Trinajstić information content (AvgIpc) is 2.42. The van der Waals surface area contributed by atoms with E-state index >= 15 is 0 Å². The molecule has 0 aliphatic carbocycles. The third-order valence-electron chi connectivity index (χ3n) is 3.06. The summed E-state index contributed by atoms with van der Waals surface area (Å²) < 4.78 is 34.3. The van der Waals surface area contributed by atoms with Crippen LogP contribution in [-0.4, -0.2) is 52.0 Å². The van der Waals surface area contributed by atoms with Crippen LogP contribution >= 0.6 is 0 Å². The highest BCUT2D eigenvalue weighted by Gasteiger charge is 2.22. The molecule has 0 aliphatic rings. The van der Waals surface area contributed by atoms with Gasteiger partial charge in [-0.3, -0.25) is 0 Å². The molecule has 20 heavy (non-hydrogen) atoms. The van der Waals surface area contributed by atoms with Crippen molar-refractivity contribution in [2.45, 2.75) is 59.3 Å². The lowest BCUT2D eigenvalue weighted by Gasteiger charge is -2.27. The van der Waals surface area contributed by atoms with Crippen molar-refractivity contribution in [1.29, 1.82) is 0 Å². The van der Waals surface area contributed by atoms with Gasteiger partial charge in [-0.2, -0.15) is 0 Å². The van der Waals surface area contributed by atoms with Gasteiger partial charge in [0.1, 0.15) is 9.84 Å². The SMILES string of the molecule is CCCNC(CCCS(=O)(=O)CC)C(OCC)OCC. The Kier molecular flexibility index (Phi) is 11.4. The summed E-state index contributed by atoms with van der Waals surface area (Å²) in [5, 5.41) is 3.40. The Morgan fingerprint density at radius 3 is 2.10 bits per heavy atom. The molecule has 0 saturated heterocycles. The summed E-state index contributed by atoms with van der Waals surface area (Å²) in [6, 6.07) is 0.0434. The van der Waals surface area contributed by atoms with Crippen LogP contribution in [0.4, 0.5) is 0 Å². The number of ether oxygens (including phenoxy) is 2. The number of sulfone groups is 1. The van der Waals surface area contributed by atoms with E-state index in [1.165, 1.54) is 0 Å². The summed E-state index contributed by atoms with van der Waals surface area (Å²) in [6.45, 7) is 9.70. The fourth-order valence-corrected chi connectivity index (χ4v) is 2.84. The second kappa shape index (κ2) is 11.5. The predicted molar refractivity (Wildman–Crippen MR) is 82.7 cm³/mol. The molecule has 1 unspecified atom stereocenters. The molecule has 0 aromatic rings. The standard InChI is InChI=1S/C14H31NO4S/c1-5-11-15-13(14(18-6-2)19-7-3)10-9-12-20(16,17)8-4/h13-15H,5-12H2,1-4H3. The molecule has 6 heteroatoms. The Bertz CT molecular complexity index is 313. The van der Waals surface area contributed by atoms with Crippen LogP contribution in [0.3, 0.4) is 0 Å². The maximum absolute atomic E-state index is 11.5. The molecule has 0 radical (unpaired) electrons. The molecule has 0 bridgehead atoms. The summed E-state index contributed by atoms with van der Waals surface area (Å²) in [5.41, 5.74) is 0. The van der Waals surface area contributed by atoms with E-state index in [4.69, 9.17) is 9.47 Å². The summed E-state index contributed by atoms with van der Waals surface area (Å²) in [7, 11) is -2.90. The van der Waals surface area contributed by atoms with Gasteiger partial charge in [-0.05, 0) is 39.7 Å². The van der Waals surface area contributed by atoms with Crippen LogP contribution in [-0.2, 0) is 19.3 Å². The van der Waals surface area contributed by atoms with Crippen LogP contribution in [0.25, 0.3) is 0 Å². The third kappa shape index (κ3) is 8.89. The molecule has 0 heterocycles. The van der Waals surface area contributed by atoms with Crippen molar-refractivity contribution in [3.63, 3.8) is 0 Å². The van der Waals surface area contributed by atoms with Gasteiger partial charge < -0.3 is 14.8 Å². The van der Waals surface area contributed by atoms with Gasteiger partial charge in [0.05, 0.1) is 11.8 Å². The van der Waals surface area contributed by atoms with Gasteiger partial charge in [-0.1, -0.05) is 13.8 Å². The summed E-state index contributed by atoms with van der Waals surface area (Å²) in [5.74, 6) is 0.444. The van der Waals surface area contributed by atoms with Crippen molar-refractivity contribution >= 4 is 9.84 Å². The largest absolute Gasteiger partial charge is 0.351 e. The third-order valence-corrected chi connectivity index (χ3v) is 4.85. The normalized spacial score (nSPS) is 13.8. The molecule has 5 nitrogen and oxygen atoms in total. The van der Waals surface area contributed by atoms with Crippen LogP contribution in [0.5, 0.6) is 0 Å². The van der Waals surface area contributed by atoms with Crippen LogP contribution in [0.1, 0.15) is 47.0 Å². The second-order valence-electron chi connectivity index (χ2n) is 4.72. The van der Waals surface area contributed by atoms with Crippen molar-refractivity contribution in [2.24, 2.45) is 0 Å². The van der Waals surface area contributed by atoms with Crippen LogP contribution < -0.4 is 5.32 Å². The van der Waals surface area contributed by atoms with E-state index in [9.17, 15) is 8.42 Å². The van der Waals surface area contributed by atoms with E-state index in [1.54, 1.807) is 6.92 Å². The molecule has 0 fully saturated rings. The summed E-state index contributed by atoms with van der Waals surface area (Å²) in [4.78, 5) is 0. The first-order valence-corrected chi connectivity index (χ1v) is 9.49. The minimum atomic E-state index is -2.90. The van der Waals surface area contributed by atoms with Gasteiger partial charge in [0, 0.05) is 19.0 Å². The van der Waals surface area contributed by atoms with Crippen molar-refractivity contribution in [2.75, 3.05) is 31.3 Å². The van der Waals surface area contributed by atoms with E-state index in [1.807, 2.05) is 13.8 Å². The average molecular weight is 309 g/mol. The van der Waals surface area contributed by atoms with Gasteiger partial charge >= 0.3 is 0 Å². The Hall–Kier alpha value is -0.170. The Labute approximate surface area is 124 Å². The van der Waals surface area contributed by atoms with Gasteiger partial charge in [-0.25, -0.2) is 8.42 Å². The van der Waals surface area contributed by atoms with E-state index in [2.05, 4.69) is 12.2 Å². The van der Waals surface area contributed by atoms with Gasteiger partial charge in [0.2, 0.25) is 0 Å². The zero-order valence-electron chi connectivity index (χ0n) is 13.4. The lowest BCUT2D eigenvalue weighted by Crippen LogP contribution is -2.43. The lowest BCUT2D eigenvalue weighted by molar-refractivity contribution is -0.154. The molecule has 0 rings (SSSR count). The van der Waals surface area contributed by atoms with Gasteiger partial charge in [0.25, 0.3) is 0 Å². The highest BCUT2D eigenvalue weighted by molar-refractivity contribution is 7.91. The number of nitrogens with one attached hydrogen (secondary N) is 1. The van der Waals surface area contributed by atoms with Crippen LogP contribution in [0.15, 0.2) is 0 Å². The molecular formula is C14H31NO4S. The van der Waals surface area contributed by atoms with Gasteiger partial charge in [-0.15, -0.1) is 0 Å². The minimum Gasteiger partial charge on any atom is -0.351 e. The van der Waals surface area contributed by atoms with Crippen LogP contribution in [0, 0.1) is 0 Å². The maximum Gasteiger partial charge on any atom is 0.172 e. The van der Waals surface area contributed by atoms with Crippen molar-refractivity contribution in [3.8, 4) is 0 Å². The molecule has 0 spiro atoms. The fraction of sp³-hybridized carbons (Fsp3) is 1.00. The molecule has 0 aromatic heterocycles. The predicted octanol–water partition coefficient (Wildman–Crippen LogP) is 1.97. The molecule has 0 saturated carbocycles. The maximum atomic E-state index is 11.5. The smallest absolute Gasteiger partial charge is 0.172 e. The van der Waals surface area contributed by atoms with E-state index in [-0.39, 0.29) is 23.8 Å². The number of rotatable bonds is 13. The van der Waals surface area contributed by atoms with E-state index < -0.39 is 9.84 Å². The highest BCUT2D eigenvalue weighted by atomic mass is 32.2.